The Bertz CT molecular complexity index is 4620. The third kappa shape index (κ3) is 12.9. The smallest absolute Gasteiger partial charge is 0.0559 e. The maximum absolute atomic E-state index is 2.51. The molecule has 0 saturated heterocycles. The first-order valence-corrected chi connectivity index (χ1v) is 33.2. The normalized spacial score (nSPS) is 16.5. The molecule has 0 saturated carbocycles. The molecule has 11 aromatic rings. The quantitative estimate of drug-likeness (QED) is 0.0849. The van der Waals surface area contributed by atoms with Crippen LogP contribution < -0.4 is 19.6 Å². The summed E-state index contributed by atoms with van der Waals surface area (Å²) in [5.74, 6) is 0.574. The maximum atomic E-state index is 2.51. The van der Waals surface area contributed by atoms with Gasteiger partial charge in [0.25, 0.3) is 0 Å². The first-order valence-electron chi connectivity index (χ1n) is 33.2. The highest BCUT2D eigenvalue weighted by Gasteiger charge is 2.25. The first kappa shape index (κ1) is 58.9. The minimum atomic E-state index is 0.215. The number of hydrogen-bond donors (Lipinski definition) is 0. The van der Waals surface area contributed by atoms with Crippen LogP contribution in [-0.4, -0.2) is 6.04 Å². The lowest BCUT2D eigenvalue weighted by molar-refractivity contribution is 0.745. The number of nitrogens with zero attached hydrogens (tertiary/aromatic N) is 4. The molecule has 15 rings (SSSR count). The molecule has 3 unspecified atom stereocenters. The Morgan fingerprint density at radius 3 is 1.03 bits per heavy atom. The Balaban J connectivity index is 0.604. The summed E-state index contributed by atoms with van der Waals surface area (Å²) < 4.78 is 0. The lowest BCUT2D eigenvalue weighted by atomic mass is 9.89. The second kappa shape index (κ2) is 27.6. The number of hydrogen-bond acceptors (Lipinski definition) is 4. The van der Waals surface area contributed by atoms with Crippen LogP contribution in [0.5, 0.6) is 0 Å². The van der Waals surface area contributed by atoms with E-state index in [0.717, 1.165) is 66.2 Å². The number of para-hydroxylation sites is 3. The van der Waals surface area contributed by atoms with E-state index in [1.807, 2.05) is 0 Å². The van der Waals surface area contributed by atoms with Crippen molar-refractivity contribution >= 4 is 51.1 Å². The monoisotopic (exact) mass is 1210 g/mol. The van der Waals surface area contributed by atoms with Gasteiger partial charge in [-0.2, -0.15) is 0 Å². The minimum absolute atomic E-state index is 0.215. The average Bonchev–Trinajstić information content (AvgIpc) is 1.23. The molecular formula is C90H74N4. The van der Waals surface area contributed by atoms with Crippen molar-refractivity contribution in [2.24, 2.45) is 0 Å². The minimum Gasteiger partial charge on any atom is -0.335 e. The van der Waals surface area contributed by atoms with Crippen LogP contribution in [0.4, 0.5) is 45.5 Å². The SMILES string of the molecule is C1=CCC(N(C2=CCC(c3ccc(-c4ccc(N(c5ccccc5)c5ccc(C6C=CC(N(C7=CC=C(c8ccccc8)CC7)c7ccccc7)=CC6)cc5)cc4)cc3)C=C2)c2ccc(-c3ccc(N(c4ccccc4)c4ccc(-c5ccccc5)cc4)cc3)cc2)C=C1. The van der Waals surface area contributed by atoms with E-state index in [2.05, 4.69) is 390 Å². The van der Waals surface area contributed by atoms with Gasteiger partial charge in [-0.25, -0.2) is 0 Å². The zero-order valence-corrected chi connectivity index (χ0v) is 52.8. The molecule has 4 heteroatoms. The third-order valence-corrected chi connectivity index (χ3v) is 18.8. The summed E-state index contributed by atoms with van der Waals surface area (Å²) in [4.78, 5) is 9.65. The number of rotatable bonds is 18. The second-order valence-corrected chi connectivity index (χ2v) is 24.6. The van der Waals surface area contributed by atoms with Crippen molar-refractivity contribution < 1.29 is 0 Å². The van der Waals surface area contributed by atoms with E-state index in [1.165, 1.54) is 84.1 Å². The molecule has 0 amide bonds. The summed E-state index contributed by atoms with van der Waals surface area (Å²) in [5.41, 5.74) is 25.4. The largest absolute Gasteiger partial charge is 0.335 e. The van der Waals surface area contributed by atoms with Gasteiger partial charge in [0.05, 0.1) is 6.04 Å². The van der Waals surface area contributed by atoms with Gasteiger partial charge >= 0.3 is 0 Å². The van der Waals surface area contributed by atoms with Crippen LogP contribution in [0, 0.1) is 0 Å². The van der Waals surface area contributed by atoms with Crippen LogP contribution >= 0.6 is 0 Å². The molecule has 0 aliphatic heterocycles. The fraction of sp³-hybridized carbons (Fsp3) is 0.0889. The lowest BCUT2D eigenvalue weighted by Crippen LogP contribution is -2.33. The molecule has 11 aromatic carbocycles. The highest BCUT2D eigenvalue weighted by atomic mass is 15.2. The highest BCUT2D eigenvalue weighted by molar-refractivity contribution is 5.82. The van der Waals surface area contributed by atoms with Crippen LogP contribution in [0.2, 0.25) is 0 Å². The Hall–Kier alpha value is -11.5. The molecule has 0 radical (unpaired) electrons. The zero-order valence-electron chi connectivity index (χ0n) is 52.8. The molecule has 4 aliphatic carbocycles. The van der Waals surface area contributed by atoms with Gasteiger partial charge in [-0.3, -0.25) is 0 Å². The molecule has 0 bridgehead atoms. The fourth-order valence-electron chi connectivity index (χ4n) is 13.8. The highest BCUT2D eigenvalue weighted by Crippen LogP contribution is 2.42. The van der Waals surface area contributed by atoms with Gasteiger partial charge in [-0.05, 0) is 203 Å². The van der Waals surface area contributed by atoms with E-state index in [-0.39, 0.29) is 17.9 Å². The molecule has 0 N–H and O–H groups in total. The number of benzene rings is 11. The summed E-state index contributed by atoms with van der Waals surface area (Å²) in [7, 11) is 0. The van der Waals surface area contributed by atoms with Crippen molar-refractivity contribution in [1.29, 1.82) is 0 Å². The van der Waals surface area contributed by atoms with E-state index >= 15 is 0 Å². The molecule has 3 atom stereocenters. The topological polar surface area (TPSA) is 13.0 Å². The molecule has 0 spiro atoms. The summed E-state index contributed by atoms with van der Waals surface area (Å²) in [6, 6.07) is 108. The van der Waals surface area contributed by atoms with Crippen LogP contribution in [0.15, 0.2) is 387 Å². The van der Waals surface area contributed by atoms with E-state index in [4.69, 9.17) is 0 Å². The van der Waals surface area contributed by atoms with Gasteiger partial charge in [0.2, 0.25) is 0 Å². The van der Waals surface area contributed by atoms with Crippen LogP contribution in [0.3, 0.4) is 0 Å². The lowest BCUT2D eigenvalue weighted by Gasteiger charge is -2.35. The second-order valence-electron chi connectivity index (χ2n) is 24.6. The average molecular weight is 1210 g/mol. The van der Waals surface area contributed by atoms with Crippen molar-refractivity contribution in [3.05, 3.63) is 404 Å². The Kier molecular flexibility index (Phi) is 17.3. The zero-order chi connectivity index (χ0) is 62.8. The molecule has 4 aliphatic rings. The Labute approximate surface area is 554 Å². The Morgan fingerprint density at radius 2 is 0.628 bits per heavy atom. The van der Waals surface area contributed by atoms with E-state index in [1.54, 1.807) is 0 Å². The molecule has 4 nitrogen and oxygen atoms in total. The van der Waals surface area contributed by atoms with E-state index < -0.39 is 0 Å². The van der Waals surface area contributed by atoms with Crippen LogP contribution in [-0.2, 0) is 0 Å². The van der Waals surface area contributed by atoms with Gasteiger partial charge in [-0.15, -0.1) is 0 Å². The van der Waals surface area contributed by atoms with Crippen molar-refractivity contribution in [2.75, 3.05) is 19.6 Å². The fourth-order valence-corrected chi connectivity index (χ4v) is 13.8. The van der Waals surface area contributed by atoms with Gasteiger partial charge in [0.15, 0.2) is 0 Å². The van der Waals surface area contributed by atoms with Gasteiger partial charge in [-0.1, -0.05) is 255 Å². The summed E-state index contributed by atoms with van der Waals surface area (Å²) in [5, 5.41) is 0. The standard InChI is InChI=1S/C90H74N4/c1-7-19-67(20-8-1)71-35-51-83(52-36-71)91(79-23-11-3-12-24-79)87-59-43-75(44-60-87)77-47-63-89(64-48-77)93(81-27-15-5-16-28-81)85-55-39-73(40-56-85)69-31-33-70(34-32-69)74-41-57-86(58-42-74)94(82-29-17-6-18-30-82)90-65-49-78(50-66-90)76-45-61-88(62-46-76)92(80-25-13-4-14-26-80)84-53-37-72(38-54-84)68-21-9-2-10-22-68/h1-29,31-35,37-41,43,45-51,53-66,74-75,82H,30,36,42,44,52H2. The van der Waals surface area contributed by atoms with Crippen molar-refractivity contribution in [2.45, 2.75) is 50.0 Å². The van der Waals surface area contributed by atoms with Gasteiger partial charge < -0.3 is 19.6 Å². The van der Waals surface area contributed by atoms with Crippen LogP contribution in [0.25, 0.3) is 39.0 Å². The molecule has 0 heterocycles. The molecule has 94 heavy (non-hydrogen) atoms. The predicted molar refractivity (Wildman–Crippen MR) is 398 cm³/mol. The molecular weight excluding hydrogens is 1140 g/mol. The molecule has 454 valence electrons. The maximum Gasteiger partial charge on any atom is 0.0559 e. The summed E-state index contributed by atoms with van der Waals surface area (Å²) in [6.45, 7) is 0. The van der Waals surface area contributed by atoms with E-state index in [0.29, 0.717) is 0 Å². The summed E-state index contributed by atoms with van der Waals surface area (Å²) in [6.07, 6.45) is 32.7. The molecule has 0 fully saturated rings. The van der Waals surface area contributed by atoms with Crippen LogP contribution in [0.1, 0.15) is 60.6 Å². The predicted octanol–water partition coefficient (Wildman–Crippen LogP) is 24.1. The van der Waals surface area contributed by atoms with Crippen molar-refractivity contribution in [3.8, 4) is 33.4 Å². The summed E-state index contributed by atoms with van der Waals surface area (Å²) >= 11 is 0. The number of anilines is 8. The molecule has 0 aromatic heterocycles. The van der Waals surface area contributed by atoms with Crippen molar-refractivity contribution in [1.82, 2.24) is 0 Å². The first-order chi connectivity index (χ1) is 46.6. The van der Waals surface area contributed by atoms with Gasteiger partial charge in [0.1, 0.15) is 0 Å². The number of allylic oxidation sites excluding steroid dienone is 12. The van der Waals surface area contributed by atoms with E-state index in [9.17, 15) is 0 Å². The van der Waals surface area contributed by atoms with Gasteiger partial charge in [0, 0.05) is 74.4 Å². The Morgan fingerprint density at radius 1 is 0.266 bits per heavy atom. The third-order valence-electron chi connectivity index (χ3n) is 18.8. The van der Waals surface area contributed by atoms with Crippen molar-refractivity contribution in [3.63, 3.8) is 0 Å².